The summed E-state index contributed by atoms with van der Waals surface area (Å²) in [6.07, 6.45) is 0. The van der Waals surface area contributed by atoms with E-state index >= 15 is 0 Å². The van der Waals surface area contributed by atoms with Gasteiger partial charge in [-0.25, -0.2) is 0 Å². The van der Waals surface area contributed by atoms with Crippen LogP contribution < -0.4 is 5.32 Å². The topological polar surface area (TPSA) is 41.6 Å². The van der Waals surface area contributed by atoms with Crippen molar-refractivity contribution in [1.29, 1.82) is 0 Å². The first-order valence-electron chi connectivity index (χ1n) is 4.90. The standard InChI is InChI=1S/C9H18N2O2S/c1-13-6-7-14-8-9(12)11-4-2-10-3-5-11/h10H,2-8H2,1H3. The summed E-state index contributed by atoms with van der Waals surface area (Å²) in [5.74, 6) is 1.74. The Morgan fingerprint density at radius 1 is 1.50 bits per heavy atom. The summed E-state index contributed by atoms with van der Waals surface area (Å²) < 4.78 is 4.91. The SMILES string of the molecule is COCCSCC(=O)N1CCNCC1. The van der Waals surface area contributed by atoms with Crippen LogP contribution in [-0.2, 0) is 9.53 Å². The van der Waals surface area contributed by atoms with E-state index in [0.717, 1.165) is 38.5 Å². The van der Waals surface area contributed by atoms with Crippen LogP contribution >= 0.6 is 11.8 Å². The molecule has 1 amide bonds. The molecular formula is C9H18N2O2S. The minimum atomic E-state index is 0.257. The third-order valence-electron chi connectivity index (χ3n) is 2.13. The van der Waals surface area contributed by atoms with Crippen molar-refractivity contribution >= 4 is 17.7 Å². The highest BCUT2D eigenvalue weighted by Gasteiger charge is 2.15. The van der Waals surface area contributed by atoms with Gasteiger partial charge >= 0.3 is 0 Å². The summed E-state index contributed by atoms with van der Waals surface area (Å²) in [5.41, 5.74) is 0. The number of rotatable bonds is 5. The van der Waals surface area contributed by atoms with Gasteiger partial charge in [0.05, 0.1) is 12.4 Å². The molecule has 0 unspecified atom stereocenters. The van der Waals surface area contributed by atoms with Gasteiger partial charge in [0.2, 0.25) is 5.91 Å². The Hall–Kier alpha value is -0.260. The molecule has 1 fully saturated rings. The lowest BCUT2D eigenvalue weighted by Gasteiger charge is -2.27. The normalized spacial score (nSPS) is 17.1. The van der Waals surface area contributed by atoms with E-state index in [0.29, 0.717) is 5.75 Å². The van der Waals surface area contributed by atoms with Gasteiger partial charge in [-0.2, -0.15) is 0 Å². The fourth-order valence-corrected chi connectivity index (χ4v) is 2.09. The van der Waals surface area contributed by atoms with Gasteiger partial charge in [-0.1, -0.05) is 0 Å². The zero-order chi connectivity index (χ0) is 10.2. The molecule has 82 valence electrons. The van der Waals surface area contributed by atoms with Crippen molar-refractivity contribution < 1.29 is 9.53 Å². The molecule has 1 aliphatic rings. The smallest absolute Gasteiger partial charge is 0.232 e. The van der Waals surface area contributed by atoms with Crippen molar-refractivity contribution in [3.63, 3.8) is 0 Å². The number of methoxy groups -OCH3 is 1. The van der Waals surface area contributed by atoms with Gasteiger partial charge in [0, 0.05) is 39.0 Å². The predicted molar refractivity (Wildman–Crippen MR) is 58.7 cm³/mol. The molecule has 0 saturated carbocycles. The maximum absolute atomic E-state index is 11.6. The van der Waals surface area contributed by atoms with E-state index in [9.17, 15) is 4.79 Å². The van der Waals surface area contributed by atoms with Crippen LogP contribution in [0.2, 0.25) is 0 Å². The Morgan fingerprint density at radius 2 is 2.21 bits per heavy atom. The van der Waals surface area contributed by atoms with Crippen molar-refractivity contribution in [3.05, 3.63) is 0 Å². The molecule has 0 bridgehead atoms. The lowest BCUT2D eigenvalue weighted by Crippen LogP contribution is -2.47. The average Bonchev–Trinajstić information content (AvgIpc) is 2.25. The summed E-state index contributed by atoms with van der Waals surface area (Å²) in [4.78, 5) is 13.5. The van der Waals surface area contributed by atoms with Gasteiger partial charge in [0.1, 0.15) is 0 Å². The van der Waals surface area contributed by atoms with Crippen molar-refractivity contribution in [3.8, 4) is 0 Å². The third kappa shape index (κ3) is 4.30. The van der Waals surface area contributed by atoms with Gasteiger partial charge in [-0.3, -0.25) is 4.79 Å². The Kier molecular flexibility index (Phi) is 5.98. The molecule has 0 spiro atoms. The zero-order valence-electron chi connectivity index (χ0n) is 8.62. The van der Waals surface area contributed by atoms with Crippen LogP contribution in [0.15, 0.2) is 0 Å². The third-order valence-corrected chi connectivity index (χ3v) is 3.03. The number of amides is 1. The van der Waals surface area contributed by atoms with E-state index in [1.54, 1.807) is 18.9 Å². The molecule has 0 aromatic carbocycles. The average molecular weight is 218 g/mol. The van der Waals surface area contributed by atoms with Crippen LogP contribution in [0.5, 0.6) is 0 Å². The van der Waals surface area contributed by atoms with Gasteiger partial charge in [0.15, 0.2) is 0 Å². The molecule has 0 atom stereocenters. The first kappa shape index (κ1) is 11.8. The molecule has 0 aromatic rings. The van der Waals surface area contributed by atoms with Crippen molar-refractivity contribution in [1.82, 2.24) is 10.2 Å². The van der Waals surface area contributed by atoms with Gasteiger partial charge in [0.25, 0.3) is 0 Å². The summed E-state index contributed by atoms with van der Waals surface area (Å²) in [6.45, 7) is 4.27. The molecule has 0 aliphatic carbocycles. The highest BCUT2D eigenvalue weighted by Crippen LogP contribution is 2.03. The van der Waals surface area contributed by atoms with Crippen LogP contribution in [0, 0.1) is 0 Å². The van der Waals surface area contributed by atoms with Crippen molar-refractivity contribution in [2.45, 2.75) is 0 Å². The number of nitrogens with zero attached hydrogens (tertiary/aromatic N) is 1. The number of nitrogens with one attached hydrogen (secondary N) is 1. The lowest BCUT2D eigenvalue weighted by molar-refractivity contribution is -0.128. The van der Waals surface area contributed by atoms with Gasteiger partial charge < -0.3 is 15.0 Å². The highest BCUT2D eigenvalue weighted by atomic mass is 32.2. The number of carbonyl (C=O) groups is 1. The van der Waals surface area contributed by atoms with Crippen LogP contribution in [0.1, 0.15) is 0 Å². The molecule has 1 heterocycles. The van der Waals surface area contributed by atoms with E-state index in [4.69, 9.17) is 4.74 Å². The molecule has 1 rings (SSSR count). The summed E-state index contributed by atoms with van der Waals surface area (Å²) in [5, 5.41) is 3.23. The van der Waals surface area contributed by atoms with Gasteiger partial charge in [-0.05, 0) is 0 Å². The Morgan fingerprint density at radius 3 is 2.86 bits per heavy atom. The van der Waals surface area contributed by atoms with Crippen molar-refractivity contribution in [2.24, 2.45) is 0 Å². The Balaban J connectivity index is 2.07. The Labute approximate surface area is 89.4 Å². The minimum Gasteiger partial charge on any atom is -0.384 e. The molecule has 5 heteroatoms. The molecule has 4 nitrogen and oxygen atoms in total. The lowest BCUT2D eigenvalue weighted by atomic mass is 10.3. The predicted octanol–water partition coefficient (Wildman–Crippen LogP) is -0.202. The molecule has 14 heavy (non-hydrogen) atoms. The number of hydrogen-bond acceptors (Lipinski definition) is 4. The van der Waals surface area contributed by atoms with Crippen LogP contribution in [0.3, 0.4) is 0 Å². The number of thioether (sulfide) groups is 1. The second-order valence-electron chi connectivity index (χ2n) is 3.18. The monoisotopic (exact) mass is 218 g/mol. The molecule has 0 aromatic heterocycles. The first-order chi connectivity index (χ1) is 6.84. The molecular weight excluding hydrogens is 200 g/mol. The second kappa shape index (κ2) is 7.09. The van der Waals surface area contributed by atoms with Crippen LogP contribution in [0.25, 0.3) is 0 Å². The summed E-state index contributed by atoms with van der Waals surface area (Å²) >= 11 is 1.64. The molecule has 1 saturated heterocycles. The summed E-state index contributed by atoms with van der Waals surface area (Å²) in [7, 11) is 1.68. The second-order valence-corrected chi connectivity index (χ2v) is 4.28. The van der Waals surface area contributed by atoms with E-state index in [1.807, 2.05) is 4.90 Å². The van der Waals surface area contributed by atoms with Gasteiger partial charge in [-0.15, -0.1) is 11.8 Å². The largest absolute Gasteiger partial charge is 0.384 e. The molecule has 1 aliphatic heterocycles. The fraction of sp³-hybridized carbons (Fsp3) is 0.889. The highest BCUT2D eigenvalue weighted by molar-refractivity contribution is 7.99. The summed E-state index contributed by atoms with van der Waals surface area (Å²) in [6, 6.07) is 0. The maximum Gasteiger partial charge on any atom is 0.232 e. The number of hydrogen-bond donors (Lipinski definition) is 1. The number of piperazine rings is 1. The number of carbonyl (C=O) groups excluding carboxylic acids is 1. The van der Waals surface area contributed by atoms with E-state index in [2.05, 4.69) is 5.32 Å². The van der Waals surface area contributed by atoms with E-state index < -0.39 is 0 Å². The zero-order valence-corrected chi connectivity index (χ0v) is 9.44. The van der Waals surface area contributed by atoms with E-state index in [-0.39, 0.29) is 5.91 Å². The first-order valence-corrected chi connectivity index (χ1v) is 6.05. The molecule has 0 radical (unpaired) electrons. The van der Waals surface area contributed by atoms with Crippen LogP contribution in [-0.4, -0.2) is 62.2 Å². The Bertz CT molecular complexity index is 172. The van der Waals surface area contributed by atoms with E-state index in [1.165, 1.54) is 0 Å². The van der Waals surface area contributed by atoms with Crippen LogP contribution in [0.4, 0.5) is 0 Å². The van der Waals surface area contributed by atoms with Crippen molar-refractivity contribution in [2.75, 3.05) is 51.4 Å². The quantitative estimate of drug-likeness (QED) is 0.649. The molecule has 1 N–H and O–H groups in total. The maximum atomic E-state index is 11.6. The minimum absolute atomic E-state index is 0.257. The fourth-order valence-electron chi connectivity index (χ4n) is 1.31. The number of ether oxygens (including phenoxy) is 1.